The van der Waals surface area contributed by atoms with Crippen LogP contribution in [0.15, 0.2) is 48.7 Å². The van der Waals surface area contributed by atoms with Gasteiger partial charge in [-0.3, -0.25) is 9.88 Å². The molecule has 0 unspecified atom stereocenters. The van der Waals surface area contributed by atoms with Gasteiger partial charge in [-0.2, -0.15) is 0 Å². The van der Waals surface area contributed by atoms with Gasteiger partial charge in [-0.1, -0.05) is 12.1 Å². The van der Waals surface area contributed by atoms with Crippen molar-refractivity contribution in [2.75, 3.05) is 44.3 Å². The van der Waals surface area contributed by atoms with Crippen LogP contribution in [0.1, 0.15) is 17.0 Å². The Balaban J connectivity index is 1.23. The van der Waals surface area contributed by atoms with Gasteiger partial charge in [0.15, 0.2) is 0 Å². The average molecular weight is 454 g/mol. The van der Waals surface area contributed by atoms with E-state index in [9.17, 15) is 0 Å². The molecule has 174 valence electrons. The Bertz CT molecular complexity index is 1310. The highest BCUT2D eigenvalue weighted by Crippen LogP contribution is 2.33. The first-order chi connectivity index (χ1) is 16.5. The fraction of sp³-hybridized carbons (Fsp3) is 0.357. The fourth-order valence-corrected chi connectivity index (χ4v) is 5.28. The Morgan fingerprint density at radius 3 is 2.24 bits per heavy atom. The molecule has 6 heteroatoms. The Kier molecular flexibility index (Phi) is 5.35. The largest absolute Gasteiger partial charge is 0.378 e. The van der Waals surface area contributed by atoms with Crippen molar-refractivity contribution < 1.29 is 4.74 Å². The van der Waals surface area contributed by atoms with Crippen LogP contribution in [0, 0.1) is 20.8 Å². The molecule has 2 aliphatic rings. The molecule has 2 aliphatic heterocycles. The third-order valence-electron chi connectivity index (χ3n) is 7.28. The number of hydrogen-bond acceptors (Lipinski definition) is 5. The topological polar surface area (TPSA) is 57.3 Å². The number of rotatable bonds is 4. The van der Waals surface area contributed by atoms with Crippen molar-refractivity contribution in [3.63, 3.8) is 0 Å². The second-order valence-electron chi connectivity index (χ2n) is 9.64. The Morgan fingerprint density at radius 1 is 0.853 bits per heavy atom. The van der Waals surface area contributed by atoms with Crippen LogP contribution in [-0.4, -0.2) is 65.3 Å². The minimum Gasteiger partial charge on any atom is -0.378 e. The van der Waals surface area contributed by atoms with Crippen LogP contribution in [0.2, 0.25) is 0 Å². The number of aryl methyl sites for hydroxylation is 3. The second kappa shape index (κ2) is 8.53. The highest BCUT2D eigenvalue weighted by molar-refractivity contribution is 5.93. The van der Waals surface area contributed by atoms with E-state index in [4.69, 9.17) is 9.72 Å². The SMILES string of the molecule is Cc1cc(-c2[nH]c3cc(-c4ccc(N5CCN(C6COC6)CC5)nc4)ccc3c2C)cc(C)n1. The molecule has 0 spiro atoms. The molecule has 4 aromatic rings. The zero-order valence-electron chi connectivity index (χ0n) is 20.1. The van der Waals surface area contributed by atoms with Gasteiger partial charge in [0.2, 0.25) is 0 Å². The third kappa shape index (κ3) is 3.87. The zero-order chi connectivity index (χ0) is 23.2. The molecule has 6 rings (SSSR count). The lowest BCUT2D eigenvalue weighted by Gasteiger charge is -2.42. The quantitative estimate of drug-likeness (QED) is 0.484. The number of hydrogen-bond donors (Lipinski definition) is 1. The monoisotopic (exact) mass is 453 g/mol. The van der Waals surface area contributed by atoms with Gasteiger partial charge in [0.25, 0.3) is 0 Å². The third-order valence-corrected chi connectivity index (χ3v) is 7.28. The minimum atomic E-state index is 0.621. The maximum absolute atomic E-state index is 5.35. The first-order valence-corrected chi connectivity index (χ1v) is 12.2. The van der Waals surface area contributed by atoms with Crippen molar-refractivity contribution in [3.8, 4) is 22.4 Å². The smallest absolute Gasteiger partial charge is 0.128 e. The van der Waals surface area contributed by atoms with Crippen LogP contribution in [0.3, 0.4) is 0 Å². The van der Waals surface area contributed by atoms with Crippen LogP contribution < -0.4 is 4.90 Å². The van der Waals surface area contributed by atoms with Gasteiger partial charge in [-0.05, 0) is 62.2 Å². The van der Waals surface area contributed by atoms with Gasteiger partial charge in [-0.25, -0.2) is 4.98 Å². The van der Waals surface area contributed by atoms with E-state index in [0.29, 0.717) is 6.04 Å². The van der Waals surface area contributed by atoms with E-state index < -0.39 is 0 Å². The number of H-pyrrole nitrogens is 1. The molecular formula is C28H31N5O. The Labute approximate surface area is 200 Å². The molecular weight excluding hydrogens is 422 g/mol. The molecule has 0 bridgehead atoms. The molecule has 2 saturated heterocycles. The number of piperazine rings is 1. The van der Waals surface area contributed by atoms with Crippen LogP contribution in [0.4, 0.5) is 5.82 Å². The van der Waals surface area contributed by atoms with Crippen molar-refractivity contribution >= 4 is 16.7 Å². The summed E-state index contributed by atoms with van der Waals surface area (Å²) in [4.78, 5) is 17.9. The molecule has 0 atom stereocenters. The van der Waals surface area contributed by atoms with Crippen molar-refractivity contribution in [1.29, 1.82) is 0 Å². The van der Waals surface area contributed by atoms with E-state index in [2.05, 4.69) is 69.2 Å². The van der Waals surface area contributed by atoms with Crippen LogP contribution in [-0.2, 0) is 4.74 Å². The maximum Gasteiger partial charge on any atom is 0.128 e. The number of pyridine rings is 2. The number of anilines is 1. The van der Waals surface area contributed by atoms with E-state index in [1.54, 1.807) is 0 Å². The van der Waals surface area contributed by atoms with Crippen molar-refractivity contribution in [2.24, 2.45) is 0 Å². The normalized spacial score (nSPS) is 17.3. The Hall–Kier alpha value is -3.22. The van der Waals surface area contributed by atoms with E-state index in [1.165, 1.54) is 27.8 Å². The second-order valence-corrected chi connectivity index (χ2v) is 9.64. The van der Waals surface area contributed by atoms with E-state index in [1.807, 2.05) is 20.0 Å². The lowest BCUT2D eigenvalue weighted by molar-refractivity contribution is -0.0660. The molecule has 1 N–H and O–H groups in total. The zero-order valence-corrected chi connectivity index (χ0v) is 20.1. The Morgan fingerprint density at radius 2 is 1.59 bits per heavy atom. The minimum absolute atomic E-state index is 0.621. The summed E-state index contributed by atoms with van der Waals surface area (Å²) in [7, 11) is 0. The summed E-state index contributed by atoms with van der Waals surface area (Å²) in [5.41, 5.74) is 9.18. The van der Waals surface area contributed by atoms with Crippen LogP contribution in [0.25, 0.3) is 33.3 Å². The number of fused-ring (bicyclic) bond motifs is 1. The molecule has 3 aromatic heterocycles. The summed E-state index contributed by atoms with van der Waals surface area (Å²) in [5.74, 6) is 1.07. The summed E-state index contributed by atoms with van der Waals surface area (Å²) in [6.45, 7) is 12.3. The first kappa shape index (κ1) is 21.3. The summed E-state index contributed by atoms with van der Waals surface area (Å²) in [6, 6.07) is 15.9. The summed E-state index contributed by atoms with van der Waals surface area (Å²) >= 11 is 0. The van der Waals surface area contributed by atoms with Gasteiger partial charge < -0.3 is 14.6 Å². The number of ether oxygens (including phenoxy) is 1. The molecule has 0 amide bonds. The highest BCUT2D eigenvalue weighted by atomic mass is 16.5. The van der Waals surface area contributed by atoms with Gasteiger partial charge in [0.05, 0.1) is 19.3 Å². The molecule has 6 nitrogen and oxygen atoms in total. The highest BCUT2D eigenvalue weighted by Gasteiger charge is 2.29. The standard InChI is InChI=1S/C28H31N5O/c1-18-12-23(13-19(2)30-18)28-20(3)25-6-4-21(14-26(25)31-28)22-5-7-27(29-15-22)33-10-8-32(9-11-33)24-16-34-17-24/h4-7,12-15,24,31H,8-11,16-17H2,1-3H3. The van der Waals surface area contributed by atoms with Gasteiger partial charge in [0, 0.05) is 71.5 Å². The lowest BCUT2D eigenvalue weighted by Crippen LogP contribution is -2.56. The van der Waals surface area contributed by atoms with Crippen molar-refractivity contribution in [3.05, 3.63) is 65.6 Å². The maximum atomic E-state index is 5.35. The summed E-state index contributed by atoms with van der Waals surface area (Å²) in [6.07, 6.45) is 2.01. The van der Waals surface area contributed by atoms with Crippen molar-refractivity contribution in [2.45, 2.75) is 26.8 Å². The first-order valence-electron chi connectivity index (χ1n) is 12.2. The average Bonchev–Trinajstić information content (AvgIpc) is 3.14. The van der Waals surface area contributed by atoms with Gasteiger partial charge in [0.1, 0.15) is 5.82 Å². The molecule has 1 aromatic carbocycles. The number of aromatic amines is 1. The van der Waals surface area contributed by atoms with Gasteiger partial charge >= 0.3 is 0 Å². The molecule has 0 aliphatic carbocycles. The number of aromatic nitrogens is 3. The fourth-order valence-electron chi connectivity index (χ4n) is 5.28. The summed E-state index contributed by atoms with van der Waals surface area (Å²) in [5, 5.41) is 1.25. The molecule has 0 saturated carbocycles. The number of nitrogens with zero attached hydrogens (tertiary/aromatic N) is 4. The van der Waals surface area contributed by atoms with E-state index >= 15 is 0 Å². The molecule has 2 fully saturated rings. The predicted octanol–water partition coefficient (Wildman–Crippen LogP) is 4.74. The predicted molar refractivity (Wildman–Crippen MR) is 137 cm³/mol. The summed E-state index contributed by atoms with van der Waals surface area (Å²) < 4.78 is 5.35. The van der Waals surface area contributed by atoms with Crippen molar-refractivity contribution in [1.82, 2.24) is 19.9 Å². The molecule has 5 heterocycles. The van der Waals surface area contributed by atoms with Crippen LogP contribution >= 0.6 is 0 Å². The molecule has 34 heavy (non-hydrogen) atoms. The number of benzene rings is 1. The molecule has 0 radical (unpaired) electrons. The van der Waals surface area contributed by atoms with Gasteiger partial charge in [-0.15, -0.1) is 0 Å². The number of nitrogens with one attached hydrogen (secondary N) is 1. The lowest BCUT2D eigenvalue weighted by atomic mass is 10.0. The van der Waals surface area contributed by atoms with E-state index in [0.717, 1.165) is 67.7 Å². The van der Waals surface area contributed by atoms with E-state index in [-0.39, 0.29) is 0 Å². The van der Waals surface area contributed by atoms with Crippen LogP contribution in [0.5, 0.6) is 0 Å².